The summed E-state index contributed by atoms with van der Waals surface area (Å²) in [4.78, 5) is 24.6. The lowest BCUT2D eigenvalue weighted by atomic mass is 10.2. The molecule has 0 N–H and O–H groups in total. The Kier molecular flexibility index (Phi) is 2.39. The van der Waals surface area contributed by atoms with Crippen LogP contribution in [-0.4, -0.2) is 41.3 Å². The lowest BCUT2D eigenvalue weighted by Gasteiger charge is -2.21. The molecule has 0 aromatic heterocycles. The lowest BCUT2D eigenvalue weighted by molar-refractivity contribution is -0.149. The molecular weight excluding hydrogens is 206 g/mol. The number of likely N-dealkylation sites (tertiary alicyclic amines) is 1. The van der Waals surface area contributed by atoms with Gasteiger partial charge >= 0.3 is 5.97 Å². The molecule has 0 unspecified atom stereocenters. The normalized spacial score (nSPS) is 32.1. The van der Waals surface area contributed by atoms with Gasteiger partial charge in [-0.05, 0) is 12.8 Å². The highest BCUT2D eigenvalue weighted by molar-refractivity contribution is 6.32. The second kappa shape index (κ2) is 3.42. The number of rotatable bonds is 2. The van der Waals surface area contributed by atoms with E-state index < -0.39 is 11.4 Å². The quantitative estimate of drug-likeness (QED) is 0.501. The molecule has 0 bridgehead atoms. The third kappa shape index (κ3) is 1.47. The first-order chi connectivity index (χ1) is 6.65. The number of hydrogen-bond acceptors (Lipinski definition) is 3. The minimum Gasteiger partial charge on any atom is -0.467 e. The molecule has 2 rings (SSSR count). The van der Waals surface area contributed by atoms with Crippen LogP contribution in [0.2, 0.25) is 0 Å². The van der Waals surface area contributed by atoms with Gasteiger partial charge in [-0.1, -0.05) is 0 Å². The van der Waals surface area contributed by atoms with Gasteiger partial charge in [0.05, 0.1) is 7.11 Å². The van der Waals surface area contributed by atoms with Crippen molar-refractivity contribution in [3.05, 3.63) is 0 Å². The predicted molar refractivity (Wildman–Crippen MR) is 49.9 cm³/mol. The summed E-state index contributed by atoms with van der Waals surface area (Å²) < 4.78 is 4.65. The molecule has 2 aliphatic rings. The summed E-state index contributed by atoms with van der Waals surface area (Å²) in [5.41, 5.74) is 0. The Morgan fingerprint density at radius 2 is 2.21 bits per heavy atom. The van der Waals surface area contributed by atoms with Gasteiger partial charge in [0.1, 0.15) is 11.4 Å². The maximum Gasteiger partial charge on any atom is 0.328 e. The number of halogens is 1. The Balaban J connectivity index is 2.15. The van der Waals surface area contributed by atoms with E-state index >= 15 is 0 Å². The summed E-state index contributed by atoms with van der Waals surface area (Å²) in [5, 5.41) is -0.556. The molecule has 0 aromatic carbocycles. The van der Waals surface area contributed by atoms with E-state index in [2.05, 4.69) is 4.74 Å². The number of esters is 1. The van der Waals surface area contributed by atoms with Crippen LogP contribution in [0.1, 0.15) is 19.3 Å². The molecule has 78 valence electrons. The molecule has 1 aliphatic carbocycles. The van der Waals surface area contributed by atoms with E-state index in [1.54, 1.807) is 4.90 Å². The summed E-state index contributed by atoms with van der Waals surface area (Å²) >= 11 is 5.83. The van der Waals surface area contributed by atoms with Crippen LogP contribution in [0, 0.1) is 0 Å². The van der Waals surface area contributed by atoms with Gasteiger partial charge in [-0.3, -0.25) is 4.79 Å². The second-order valence-electron chi connectivity index (χ2n) is 3.72. The van der Waals surface area contributed by atoms with E-state index in [9.17, 15) is 9.59 Å². The number of carbonyl (C=O) groups excluding carboxylic acids is 2. The zero-order chi connectivity index (χ0) is 10.3. The molecule has 0 spiro atoms. The van der Waals surface area contributed by atoms with E-state index in [0.29, 0.717) is 6.42 Å². The van der Waals surface area contributed by atoms with Crippen molar-refractivity contribution in [3.8, 4) is 0 Å². The molecule has 2 fully saturated rings. The summed E-state index contributed by atoms with van der Waals surface area (Å²) in [7, 11) is 1.33. The Morgan fingerprint density at radius 3 is 2.71 bits per heavy atom. The average molecular weight is 218 g/mol. The van der Waals surface area contributed by atoms with Gasteiger partial charge in [-0.2, -0.15) is 0 Å². The van der Waals surface area contributed by atoms with Crippen molar-refractivity contribution in [1.82, 2.24) is 4.90 Å². The fraction of sp³-hybridized carbons (Fsp3) is 0.778. The van der Waals surface area contributed by atoms with E-state index in [1.165, 1.54) is 7.11 Å². The third-order valence-electron chi connectivity index (χ3n) is 2.70. The van der Waals surface area contributed by atoms with Crippen LogP contribution in [0.4, 0.5) is 0 Å². The second-order valence-corrected chi connectivity index (χ2v) is 4.25. The number of alkyl halides is 1. The Bertz CT molecular complexity index is 277. The molecule has 1 heterocycles. The summed E-state index contributed by atoms with van der Waals surface area (Å²) in [5.74, 6) is -0.474. The fourth-order valence-corrected chi connectivity index (χ4v) is 2.14. The first-order valence-corrected chi connectivity index (χ1v) is 5.13. The first kappa shape index (κ1) is 9.77. The predicted octanol–water partition coefficient (Wildman–Crippen LogP) is 0.530. The maximum absolute atomic E-state index is 11.6. The van der Waals surface area contributed by atoms with Gasteiger partial charge < -0.3 is 9.64 Å². The minimum atomic E-state index is -0.556. The summed E-state index contributed by atoms with van der Waals surface area (Å²) in [6, 6.07) is -0.238. The van der Waals surface area contributed by atoms with Gasteiger partial charge in [-0.15, -0.1) is 11.6 Å². The standard InChI is InChI=1S/C9H12ClNO3/c1-14-9(13)7-4-6(10)8(12)11(7)5-2-3-5/h5-7H,2-4H2,1H3/t6-,7+/m0/s1. The van der Waals surface area contributed by atoms with Gasteiger partial charge in [0, 0.05) is 12.5 Å². The molecule has 5 heteroatoms. The van der Waals surface area contributed by atoms with Crippen LogP contribution >= 0.6 is 11.6 Å². The Labute approximate surface area is 87.1 Å². The van der Waals surface area contributed by atoms with Crippen molar-refractivity contribution in [2.75, 3.05) is 7.11 Å². The number of methoxy groups -OCH3 is 1. The van der Waals surface area contributed by atoms with Gasteiger partial charge in [0.15, 0.2) is 0 Å². The molecule has 1 saturated heterocycles. The van der Waals surface area contributed by atoms with Crippen LogP contribution in [0.5, 0.6) is 0 Å². The zero-order valence-electron chi connectivity index (χ0n) is 7.90. The molecule has 1 amide bonds. The third-order valence-corrected chi connectivity index (χ3v) is 3.07. The van der Waals surface area contributed by atoms with Crippen molar-refractivity contribution in [1.29, 1.82) is 0 Å². The van der Waals surface area contributed by atoms with Crippen molar-refractivity contribution in [2.24, 2.45) is 0 Å². The Morgan fingerprint density at radius 1 is 1.57 bits per heavy atom. The number of hydrogen-bond donors (Lipinski definition) is 0. The average Bonchev–Trinajstić information content (AvgIpc) is 2.95. The van der Waals surface area contributed by atoms with Crippen LogP contribution < -0.4 is 0 Å². The zero-order valence-corrected chi connectivity index (χ0v) is 8.66. The molecule has 1 aliphatic heterocycles. The number of ether oxygens (including phenoxy) is 1. The van der Waals surface area contributed by atoms with Crippen molar-refractivity contribution in [2.45, 2.75) is 36.7 Å². The number of amides is 1. The monoisotopic (exact) mass is 217 g/mol. The molecule has 14 heavy (non-hydrogen) atoms. The number of nitrogens with zero attached hydrogens (tertiary/aromatic N) is 1. The highest BCUT2D eigenvalue weighted by Crippen LogP contribution is 2.36. The van der Waals surface area contributed by atoms with Gasteiger partial charge in [0.2, 0.25) is 5.91 Å². The van der Waals surface area contributed by atoms with E-state index in [-0.39, 0.29) is 17.9 Å². The van der Waals surface area contributed by atoms with Crippen molar-refractivity contribution in [3.63, 3.8) is 0 Å². The smallest absolute Gasteiger partial charge is 0.328 e. The van der Waals surface area contributed by atoms with Crippen LogP contribution in [0.3, 0.4) is 0 Å². The van der Waals surface area contributed by atoms with Gasteiger partial charge in [0.25, 0.3) is 0 Å². The molecular formula is C9H12ClNO3. The maximum atomic E-state index is 11.6. The Hall–Kier alpha value is -0.770. The molecule has 0 radical (unpaired) electrons. The highest BCUT2D eigenvalue weighted by atomic mass is 35.5. The minimum absolute atomic E-state index is 0.121. The summed E-state index contributed by atoms with van der Waals surface area (Å²) in [6.07, 6.45) is 2.33. The van der Waals surface area contributed by atoms with Crippen molar-refractivity contribution >= 4 is 23.5 Å². The molecule has 1 saturated carbocycles. The molecule has 4 nitrogen and oxygen atoms in total. The van der Waals surface area contributed by atoms with Crippen LogP contribution in [-0.2, 0) is 14.3 Å². The van der Waals surface area contributed by atoms with Crippen LogP contribution in [0.15, 0.2) is 0 Å². The largest absolute Gasteiger partial charge is 0.467 e. The topological polar surface area (TPSA) is 46.6 Å². The van der Waals surface area contributed by atoms with Gasteiger partial charge in [-0.25, -0.2) is 4.79 Å². The van der Waals surface area contributed by atoms with E-state index in [1.807, 2.05) is 0 Å². The molecule has 0 aromatic rings. The summed E-state index contributed by atoms with van der Waals surface area (Å²) in [6.45, 7) is 0. The highest BCUT2D eigenvalue weighted by Gasteiger charge is 2.49. The van der Waals surface area contributed by atoms with E-state index in [0.717, 1.165) is 12.8 Å². The van der Waals surface area contributed by atoms with Crippen molar-refractivity contribution < 1.29 is 14.3 Å². The lowest BCUT2D eigenvalue weighted by Crippen LogP contribution is -2.41. The SMILES string of the molecule is COC(=O)[C@H]1C[C@H](Cl)C(=O)N1C1CC1. The van der Waals surface area contributed by atoms with Crippen LogP contribution in [0.25, 0.3) is 0 Å². The van der Waals surface area contributed by atoms with E-state index in [4.69, 9.17) is 11.6 Å². The number of carbonyl (C=O) groups is 2. The first-order valence-electron chi connectivity index (χ1n) is 4.69. The molecule has 2 atom stereocenters. The fourth-order valence-electron chi connectivity index (χ4n) is 1.86.